The van der Waals surface area contributed by atoms with E-state index in [1.54, 1.807) is 0 Å². The van der Waals surface area contributed by atoms with Crippen LogP contribution in [0.25, 0.3) is 0 Å². The van der Waals surface area contributed by atoms with Gasteiger partial charge in [0, 0.05) is 12.7 Å². The SMILES string of the molecule is Cc1ccc(C(O)CNC(=O)c2c[nH]c(C#N)c2)cc1. The fraction of sp³-hybridized carbons (Fsp3) is 0.200. The van der Waals surface area contributed by atoms with Crippen LogP contribution in [0.2, 0.25) is 0 Å². The smallest absolute Gasteiger partial charge is 0.252 e. The van der Waals surface area contributed by atoms with Crippen molar-refractivity contribution in [3.63, 3.8) is 0 Å². The van der Waals surface area contributed by atoms with E-state index in [4.69, 9.17) is 5.26 Å². The molecule has 2 aromatic rings. The summed E-state index contributed by atoms with van der Waals surface area (Å²) >= 11 is 0. The molecule has 1 unspecified atom stereocenters. The number of nitriles is 1. The van der Waals surface area contributed by atoms with Gasteiger partial charge in [-0.15, -0.1) is 0 Å². The van der Waals surface area contributed by atoms with Gasteiger partial charge in [0.2, 0.25) is 0 Å². The largest absolute Gasteiger partial charge is 0.387 e. The Morgan fingerprint density at radius 2 is 2.15 bits per heavy atom. The second kappa shape index (κ2) is 6.04. The Morgan fingerprint density at radius 1 is 1.45 bits per heavy atom. The molecular weight excluding hydrogens is 254 g/mol. The van der Waals surface area contributed by atoms with Crippen LogP contribution in [0.3, 0.4) is 0 Å². The number of aryl methyl sites for hydroxylation is 1. The molecule has 2 rings (SSSR count). The van der Waals surface area contributed by atoms with Gasteiger partial charge in [-0.2, -0.15) is 5.26 Å². The number of aliphatic hydroxyl groups is 1. The maximum Gasteiger partial charge on any atom is 0.252 e. The number of H-pyrrole nitrogens is 1. The Kier molecular flexibility index (Phi) is 4.18. The molecule has 0 spiro atoms. The van der Waals surface area contributed by atoms with Crippen LogP contribution >= 0.6 is 0 Å². The van der Waals surface area contributed by atoms with E-state index in [1.165, 1.54) is 12.3 Å². The van der Waals surface area contributed by atoms with Crippen molar-refractivity contribution in [1.82, 2.24) is 10.3 Å². The molecule has 0 aliphatic heterocycles. The predicted molar refractivity (Wildman–Crippen MR) is 74.0 cm³/mol. The molecule has 5 heteroatoms. The summed E-state index contributed by atoms with van der Waals surface area (Å²) in [5.74, 6) is -0.325. The molecule has 0 aliphatic rings. The third kappa shape index (κ3) is 3.25. The van der Waals surface area contributed by atoms with Crippen molar-refractivity contribution >= 4 is 5.91 Å². The summed E-state index contributed by atoms with van der Waals surface area (Å²) in [5.41, 5.74) is 2.57. The van der Waals surface area contributed by atoms with E-state index in [-0.39, 0.29) is 12.5 Å². The average Bonchev–Trinajstić information content (AvgIpc) is 2.94. The van der Waals surface area contributed by atoms with Crippen molar-refractivity contribution in [3.05, 3.63) is 58.9 Å². The minimum absolute atomic E-state index is 0.120. The number of nitrogens with zero attached hydrogens (tertiary/aromatic N) is 1. The average molecular weight is 269 g/mol. The molecule has 1 heterocycles. The van der Waals surface area contributed by atoms with Gasteiger partial charge in [0.05, 0.1) is 11.7 Å². The van der Waals surface area contributed by atoms with Gasteiger partial charge in [-0.3, -0.25) is 4.79 Å². The van der Waals surface area contributed by atoms with Crippen molar-refractivity contribution in [3.8, 4) is 6.07 Å². The molecule has 0 bridgehead atoms. The normalized spacial score (nSPS) is 11.7. The maximum absolute atomic E-state index is 11.8. The van der Waals surface area contributed by atoms with Gasteiger partial charge < -0.3 is 15.4 Å². The lowest BCUT2D eigenvalue weighted by Crippen LogP contribution is -2.28. The molecular formula is C15H15N3O2. The number of hydrogen-bond acceptors (Lipinski definition) is 3. The molecule has 0 radical (unpaired) electrons. The zero-order valence-electron chi connectivity index (χ0n) is 11.1. The highest BCUT2D eigenvalue weighted by molar-refractivity contribution is 5.94. The van der Waals surface area contributed by atoms with Crippen molar-refractivity contribution in [2.24, 2.45) is 0 Å². The quantitative estimate of drug-likeness (QED) is 0.788. The molecule has 1 atom stereocenters. The standard InChI is InChI=1S/C15H15N3O2/c1-10-2-4-11(5-3-10)14(19)9-18-15(20)12-6-13(7-16)17-8-12/h2-6,8,14,17,19H,9H2,1H3,(H,18,20). The van der Waals surface area contributed by atoms with Gasteiger partial charge in [0.15, 0.2) is 0 Å². The molecule has 0 aliphatic carbocycles. The fourth-order valence-corrected chi connectivity index (χ4v) is 1.79. The third-order valence-corrected chi connectivity index (χ3v) is 2.98. The van der Waals surface area contributed by atoms with Gasteiger partial charge in [-0.25, -0.2) is 0 Å². The van der Waals surface area contributed by atoms with Crippen LogP contribution in [-0.4, -0.2) is 22.5 Å². The number of rotatable bonds is 4. The molecule has 0 fully saturated rings. The van der Waals surface area contributed by atoms with Gasteiger partial charge in [-0.05, 0) is 18.6 Å². The molecule has 1 amide bonds. The first-order chi connectivity index (χ1) is 9.60. The van der Waals surface area contributed by atoms with Crippen molar-refractivity contribution in [2.75, 3.05) is 6.54 Å². The second-order valence-electron chi connectivity index (χ2n) is 4.55. The highest BCUT2D eigenvalue weighted by Gasteiger charge is 2.12. The molecule has 5 nitrogen and oxygen atoms in total. The Bertz CT molecular complexity index is 638. The monoisotopic (exact) mass is 269 g/mol. The van der Waals surface area contributed by atoms with Crippen molar-refractivity contribution in [2.45, 2.75) is 13.0 Å². The zero-order chi connectivity index (χ0) is 14.5. The summed E-state index contributed by atoms with van der Waals surface area (Å²) in [6, 6.07) is 10.9. The van der Waals surface area contributed by atoms with Gasteiger partial charge in [0.1, 0.15) is 11.8 Å². The first-order valence-electron chi connectivity index (χ1n) is 6.21. The van der Waals surface area contributed by atoms with Crippen LogP contribution in [0.4, 0.5) is 0 Å². The lowest BCUT2D eigenvalue weighted by atomic mass is 10.1. The molecule has 102 valence electrons. The first-order valence-corrected chi connectivity index (χ1v) is 6.21. The lowest BCUT2D eigenvalue weighted by Gasteiger charge is -2.12. The Balaban J connectivity index is 1.93. The second-order valence-corrected chi connectivity index (χ2v) is 4.55. The molecule has 0 saturated heterocycles. The molecule has 1 aromatic heterocycles. The molecule has 1 aromatic carbocycles. The summed E-state index contributed by atoms with van der Waals surface area (Å²) in [7, 11) is 0. The number of carbonyl (C=O) groups excluding carboxylic acids is 1. The minimum Gasteiger partial charge on any atom is -0.387 e. The molecule has 3 N–H and O–H groups in total. The van der Waals surface area contributed by atoms with E-state index in [0.29, 0.717) is 11.3 Å². The lowest BCUT2D eigenvalue weighted by molar-refractivity contribution is 0.0916. The van der Waals surface area contributed by atoms with E-state index >= 15 is 0 Å². The van der Waals surface area contributed by atoms with E-state index in [2.05, 4.69) is 10.3 Å². The van der Waals surface area contributed by atoms with E-state index in [1.807, 2.05) is 37.3 Å². The van der Waals surface area contributed by atoms with Gasteiger partial charge in [-0.1, -0.05) is 29.8 Å². The summed E-state index contributed by atoms with van der Waals surface area (Å²) in [6.07, 6.45) is 0.709. The maximum atomic E-state index is 11.8. The highest BCUT2D eigenvalue weighted by Crippen LogP contribution is 2.13. The number of aromatic nitrogens is 1. The number of hydrogen-bond donors (Lipinski definition) is 3. The summed E-state index contributed by atoms with van der Waals surface area (Å²) in [4.78, 5) is 14.5. The number of carbonyl (C=O) groups is 1. The fourth-order valence-electron chi connectivity index (χ4n) is 1.79. The number of amides is 1. The van der Waals surface area contributed by atoms with Crippen LogP contribution in [0.5, 0.6) is 0 Å². The first kappa shape index (κ1) is 13.8. The Labute approximate surface area is 116 Å². The van der Waals surface area contributed by atoms with E-state index in [9.17, 15) is 9.90 Å². The number of aromatic amines is 1. The number of benzene rings is 1. The summed E-state index contributed by atoms with van der Waals surface area (Å²) in [6.45, 7) is 2.09. The zero-order valence-corrected chi connectivity index (χ0v) is 11.1. The molecule has 20 heavy (non-hydrogen) atoms. The number of aliphatic hydroxyl groups excluding tert-OH is 1. The van der Waals surface area contributed by atoms with E-state index < -0.39 is 6.10 Å². The minimum atomic E-state index is -0.756. The van der Waals surface area contributed by atoms with Crippen molar-refractivity contribution < 1.29 is 9.90 Å². The van der Waals surface area contributed by atoms with Crippen LogP contribution in [0.1, 0.15) is 33.3 Å². The summed E-state index contributed by atoms with van der Waals surface area (Å²) in [5, 5.41) is 21.3. The van der Waals surface area contributed by atoms with Crippen LogP contribution in [0.15, 0.2) is 36.5 Å². The molecule has 0 saturated carbocycles. The van der Waals surface area contributed by atoms with Gasteiger partial charge >= 0.3 is 0 Å². The topological polar surface area (TPSA) is 88.9 Å². The third-order valence-electron chi connectivity index (χ3n) is 2.98. The van der Waals surface area contributed by atoms with Gasteiger partial charge in [0.25, 0.3) is 5.91 Å². The Hall–Kier alpha value is -2.58. The van der Waals surface area contributed by atoms with E-state index in [0.717, 1.165) is 11.1 Å². The van der Waals surface area contributed by atoms with Crippen molar-refractivity contribution in [1.29, 1.82) is 5.26 Å². The Morgan fingerprint density at radius 3 is 2.75 bits per heavy atom. The summed E-state index contributed by atoms with van der Waals surface area (Å²) < 4.78 is 0. The van der Waals surface area contributed by atoms with Crippen LogP contribution < -0.4 is 5.32 Å². The van der Waals surface area contributed by atoms with Crippen LogP contribution in [0, 0.1) is 18.3 Å². The van der Waals surface area contributed by atoms with Crippen LogP contribution in [-0.2, 0) is 0 Å². The highest BCUT2D eigenvalue weighted by atomic mass is 16.3. The number of nitrogens with one attached hydrogen (secondary N) is 2. The predicted octanol–water partition coefficient (Wildman–Crippen LogP) is 1.66.